The lowest BCUT2D eigenvalue weighted by molar-refractivity contribution is 0.459. The van der Waals surface area contributed by atoms with Crippen LogP contribution < -0.4 is 10.1 Å². The zero-order valence-electron chi connectivity index (χ0n) is 10.8. The van der Waals surface area contributed by atoms with E-state index in [-0.39, 0.29) is 0 Å². The lowest BCUT2D eigenvalue weighted by Gasteiger charge is -2.09. The molecule has 20 heavy (non-hydrogen) atoms. The van der Waals surface area contributed by atoms with Gasteiger partial charge in [0.2, 0.25) is 5.88 Å². The SMILES string of the molecule is Clc1ccc(Oc2cc(CNC3CC3)ccn2)c(Br)c1. The van der Waals surface area contributed by atoms with Crippen molar-refractivity contribution < 1.29 is 4.74 Å². The largest absolute Gasteiger partial charge is 0.438 e. The van der Waals surface area contributed by atoms with Gasteiger partial charge >= 0.3 is 0 Å². The van der Waals surface area contributed by atoms with Crippen molar-refractivity contribution in [1.29, 1.82) is 0 Å². The molecule has 0 aliphatic heterocycles. The maximum Gasteiger partial charge on any atom is 0.219 e. The van der Waals surface area contributed by atoms with Gasteiger partial charge in [-0.1, -0.05) is 11.6 Å². The molecule has 1 aromatic heterocycles. The number of hydrogen-bond donors (Lipinski definition) is 1. The van der Waals surface area contributed by atoms with E-state index in [9.17, 15) is 0 Å². The summed E-state index contributed by atoms with van der Waals surface area (Å²) in [4.78, 5) is 4.24. The van der Waals surface area contributed by atoms with E-state index in [1.807, 2.05) is 18.2 Å². The second-order valence-electron chi connectivity index (χ2n) is 4.83. The van der Waals surface area contributed by atoms with Crippen LogP contribution in [0.1, 0.15) is 18.4 Å². The molecule has 1 aliphatic carbocycles. The zero-order valence-corrected chi connectivity index (χ0v) is 13.1. The molecular formula is C15H14BrClN2O. The molecule has 1 heterocycles. The van der Waals surface area contributed by atoms with Crippen molar-refractivity contribution in [3.63, 3.8) is 0 Å². The molecular weight excluding hydrogens is 340 g/mol. The molecule has 0 radical (unpaired) electrons. The molecule has 1 aromatic carbocycles. The van der Waals surface area contributed by atoms with E-state index in [1.54, 1.807) is 18.3 Å². The molecule has 0 saturated heterocycles. The molecule has 0 amide bonds. The van der Waals surface area contributed by atoms with Crippen LogP contribution in [0.25, 0.3) is 0 Å². The number of ether oxygens (including phenoxy) is 1. The van der Waals surface area contributed by atoms with E-state index in [0.29, 0.717) is 22.7 Å². The number of nitrogens with one attached hydrogen (secondary N) is 1. The lowest BCUT2D eigenvalue weighted by atomic mass is 10.2. The van der Waals surface area contributed by atoms with Crippen molar-refractivity contribution in [2.24, 2.45) is 0 Å². The van der Waals surface area contributed by atoms with Crippen LogP contribution in [0.2, 0.25) is 5.02 Å². The smallest absolute Gasteiger partial charge is 0.219 e. The highest BCUT2D eigenvalue weighted by atomic mass is 79.9. The zero-order chi connectivity index (χ0) is 13.9. The molecule has 2 aromatic rings. The van der Waals surface area contributed by atoms with E-state index >= 15 is 0 Å². The van der Waals surface area contributed by atoms with Crippen molar-refractivity contribution in [1.82, 2.24) is 10.3 Å². The van der Waals surface area contributed by atoms with Crippen LogP contribution >= 0.6 is 27.5 Å². The number of aromatic nitrogens is 1. The predicted molar refractivity (Wildman–Crippen MR) is 83.3 cm³/mol. The van der Waals surface area contributed by atoms with Gasteiger partial charge in [-0.25, -0.2) is 4.98 Å². The van der Waals surface area contributed by atoms with E-state index in [2.05, 4.69) is 26.2 Å². The van der Waals surface area contributed by atoms with Gasteiger partial charge in [-0.15, -0.1) is 0 Å². The maximum atomic E-state index is 5.91. The minimum absolute atomic E-state index is 0.586. The van der Waals surface area contributed by atoms with Gasteiger partial charge in [-0.05, 0) is 58.6 Å². The molecule has 1 saturated carbocycles. The average Bonchev–Trinajstić information content (AvgIpc) is 3.24. The molecule has 3 rings (SSSR count). The number of benzene rings is 1. The number of nitrogens with zero attached hydrogens (tertiary/aromatic N) is 1. The molecule has 1 aliphatic rings. The maximum absolute atomic E-state index is 5.91. The normalized spacial score (nSPS) is 14.3. The van der Waals surface area contributed by atoms with Crippen molar-refractivity contribution in [3.05, 3.63) is 51.6 Å². The summed E-state index contributed by atoms with van der Waals surface area (Å²) in [6.45, 7) is 0.853. The third-order valence-electron chi connectivity index (χ3n) is 3.08. The number of hydrogen-bond acceptors (Lipinski definition) is 3. The number of rotatable bonds is 5. The summed E-state index contributed by atoms with van der Waals surface area (Å²) in [7, 11) is 0. The first-order valence-electron chi connectivity index (χ1n) is 6.52. The Morgan fingerprint density at radius 1 is 1.30 bits per heavy atom. The minimum Gasteiger partial charge on any atom is -0.438 e. The van der Waals surface area contributed by atoms with Crippen LogP contribution in [0, 0.1) is 0 Å². The number of pyridine rings is 1. The summed E-state index contributed by atoms with van der Waals surface area (Å²) in [5.41, 5.74) is 1.17. The van der Waals surface area contributed by atoms with Crippen LogP contribution in [0.3, 0.4) is 0 Å². The fourth-order valence-electron chi connectivity index (χ4n) is 1.84. The highest BCUT2D eigenvalue weighted by Crippen LogP contribution is 2.31. The second kappa shape index (κ2) is 6.12. The van der Waals surface area contributed by atoms with Crippen LogP contribution in [-0.4, -0.2) is 11.0 Å². The third kappa shape index (κ3) is 3.72. The van der Waals surface area contributed by atoms with Crippen molar-refractivity contribution in [3.8, 4) is 11.6 Å². The number of halogens is 2. The van der Waals surface area contributed by atoms with Crippen molar-refractivity contribution in [2.45, 2.75) is 25.4 Å². The summed E-state index contributed by atoms with van der Waals surface area (Å²) < 4.78 is 6.60. The monoisotopic (exact) mass is 352 g/mol. The highest BCUT2D eigenvalue weighted by molar-refractivity contribution is 9.10. The molecule has 5 heteroatoms. The average molecular weight is 354 g/mol. The first-order valence-corrected chi connectivity index (χ1v) is 7.69. The van der Waals surface area contributed by atoms with E-state index in [0.717, 1.165) is 11.0 Å². The van der Waals surface area contributed by atoms with E-state index < -0.39 is 0 Å². The Balaban J connectivity index is 1.70. The van der Waals surface area contributed by atoms with Crippen LogP contribution in [-0.2, 0) is 6.54 Å². The molecule has 1 fully saturated rings. The molecule has 0 bridgehead atoms. The van der Waals surface area contributed by atoms with Gasteiger partial charge in [0, 0.05) is 29.9 Å². The molecule has 0 atom stereocenters. The van der Waals surface area contributed by atoms with Gasteiger partial charge in [0.05, 0.1) is 4.47 Å². The van der Waals surface area contributed by atoms with Crippen LogP contribution in [0.4, 0.5) is 0 Å². The van der Waals surface area contributed by atoms with Crippen molar-refractivity contribution >= 4 is 27.5 Å². The quantitative estimate of drug-likeness (QED) is 0.857. The Hall–Kier alpha value is -1.10. The molecule has 0 unspecified atom stereocenters. The Morgan fingerprint density at radius 2 is 2.15 bits per heavy atom. The Bertz CT molecular complexity index is 617. The van der Waals surface area contributed by atoms with E-state index in [1.165, 1.54) is 18.4 Å². The summed E-state index contributed by atoms with van der Waals surface area (Å²) >= 11 is 9.34. The third-order valence-corrected chi connectivity index (χ3v) is 3.93. The summed E-state index contributed by atoms with van der Waals surface area (Å²) in [6.07, 6.45) is 4.33. The standard InChI is InChI=1S/C15H14BrClN2O/c16-13-8-11(17)1-4-14(13)20-15-7-10(5-6-18-15)9-19-12-2-3-12/h1,4-8,12,19H,2-3,9H2. The summed E-state index contributed by atoms with van der Waals surface area (Å²) in [5.74, 6) is 1.29. The highest BCUT2D eigenvalue weighted by Gasteiger charge is 2.19. The fourth-order valence-corrected chi connectivity index (χ4v) is 2.60. The summed E-state index contributed by atoms with van der Waals surface area (Å²) in [5, 5.41) is 4.14. The fraction of sp³-hybridized carbons (Fsp3) is 0.267. The van der Waals surface area contributed by atoms with Gasteiger partial charge in [-0.3, -0.25) is 0 Å². The van der Waals surface area contributed by atoms with Gasteiger partial charge < -0.3 is 10.1 Å². The topological polar surface area (TPSA) is 34.1 Å². The Kier molecular flexibility index (Phi) is 4.24. The van der Waals surface area contributed by atoms with E-state index in [4.69, 9.17) is 16.3 Å². The van der Waals surface area contributed by atoms with Gasteiger partial charge in [0.1, 0.15) is 5.75 Å². The molecule has 3 nitrogen and oxygen atoms in total. The first kappa shape index (κ1) is 13.9. The first-order chi connectivity index (χ1) is 9.70. The summed E-state index contributed by atoms with van der Waals surface area (Å²) in [6, 6.07) is 10.1. The molecule has 104 valence electrons. The Labute approximate surface area is 131 Å². The second-order valence-corrected chi connectivity index (χ2v) is 6.13. The molecule has 1 N–H and O–H groups in total. The molecule has 0 spiro atoms. The van der Waals surface area contributed by atoms with Gasteiger partial charge in [-0.2, -0.15) is 0 Å². The predicted octanol–water partition coefficient (Wildman–Crippen LogP) is 4.54. The van der Waals surface area contributed by atoms with Crippen LogP contribution in [0.5, 0.6) is 11.6 Å². The van der Waals surface area contributed by atoms with Gasteiger partial charge in [0.25, 0.3) is 0 Å². The lowest BCUT2D eigenvalue weighted by Crippen LogP contribution is -2.15. The van der Waals surface area contributed by atoms with Gasteiger partial charge in [0.15, 0.2) is 0 Å². The minimum atomic E-state index is 0.586. The van der Waals surface area contributed by atoms with Crippen molar-refractivity contribution in [2.75, 3.05) is 0 Å². The van der Waals surface area contributed by atoms with Crippen LogP contribution in [0.15, 0.2) is 41.0 Å². The Morgan fingerprint density at radius 3 is 2.90 bits per heavy atom.